The molecule has 488 valence electrons. The summed E-state index contributed by atoms with van der Waals surface area (Å²) in [6.07, 6.45) is 9.40. The van der Waals surface area contributed by atoms with Crippen LogP contribution in [0.15, 0.2) is 60.8 Å². The number of aromatic carboxylic acids is 1. The number of benzene rings is 2. The van der Waals surface area contributed by atoms with Crippen molar-refractivity contribution in [3.8, 4) is 11.1 Å². The summed E-state index contributed by atoms with van der Waals surface area (Å²) in [6.45, 7) is 21.8. The average Bonchev–Trinajstić information content (AvgIpc) is 0.847. The van der Waals surface area contributed by atoms with Gasteiger partial charge in [0.15, 0.2) is 22.5 Å². The number of pyridine rings is 1. The lowest BCUT2D eigenvalue weighted by molar-refractivity contribution is -0.904. The predicted octanol–water partition coefficient (Wildman–Crippen LogP) is 10.0. The van der Waals surface area contributed by atoms with E-state index >= 15 is 0 Å². The first-order chi connectivity index (χ1) is 42.9. The number of urea groups is 1. The number of fused-ring (bicyclic) bond motifs is 2. The van der Waals surface area contributed by atoms with Crippen molar-refractivity contribution in [1.29, 1.82) is 0 Å². The summed E-state index contributed by atoms with van der Waals surface area (Å²) >= 11 is 1.56. The lowest BCUT2D eigenvalue weighted by Crippen LogP contribution is -2.64. The minimum absolute atomic E-state index is 0.0415. The number of carbonyl (C=O) groups is 5. The first-order valence-electron chi connectivity index (χ1n) is 31.9. The van der Waals surface area contributed by atoms with E-state index in [1.54, 1.807) is 52.2 Å². The fourth-order valence-corrected chi connectivity index (χ4v) is 16.6. The number of hydrogen-bond donors (Lipinski definition) is 8. The van der Waals surface area contributed by atoms with Crippen molar-refractivity contribution in [3.63, 3.8) is 0 Å². The summed E-state index contributed by atoms with van der Waals surface area (Å²) in [4.78, 5) is 76.8. The molecular formula is C67H92N15O8S+. The second-order valence-electron chi connectivity index (χ2n) is 28.9. The fourth-order valence-electron chi connectivity index (χ4n) is 15.8. The number of quaternary nitrogens is 1. The van der Waals surface area contributed by atoms with Gasteiger partial charge in [-0.05, 0) is 170 Å². The van der Waals surface area contributed by atoms with Crippen LogP contribution in [0.4, 0.5) is 37.9 Å². The molecule has 6 aromatic rings. The van der Waals surface area contributed by atoms with Gasteiger partial charge in [0.05, 0.1) is 42.7 Å². The molecule has 4 aliphatic carbocycles. The Hall–Kier alpha value is -7.80. The maximum Gasteiger partial charge on any atom is 0.408 e. The lowest BCUT2D eigenvalue weighted by atomic mass is 9.39. The summed E-state index contributed by atoms with van der Waals surface area (Å²) in [6, 6.07) is 14.9. The lowest BCUT2D eigenvalue weighted by Gasteiger charge is -2.69. The van der Waals surface area contributed by atoms with Crippen molar-refractivity contribution in [2.45, 2.75) is 169 Å². The van der Waals surface area contributed by atoms with Gasteiger partial charge in [-0.2, -0.15) is 5.10 Å². The zero-order chi connectivity index (χ0) is 65.4. The second-order valence-corrected chi connectivity index (χ2v) is 29.9. The number of thiazole rings is 1. The number of carbonyl (C=O) groups excluding carboxylic acids is 4. The number of carboxylic acid groups (broad SMARTS) is 1. The molecule has 4 fully saturated rings. The Bertz CT molecular complexity index is 3670. The molecule has 2 aromatic carbocycles. The number of amides is 5. The topological polar surface area (TPSA) is 295 Å². The zero-order valence-corrected chi connectivity index (χ0v) is 55.7. The maximum absolute atomic E-state index is 14.1. The molecule has 91 heavy (non-hydrogen) atoms. The minimum Gasteiger partial charge on any atom is -0.476 e. The number of hydrogen-bond acceptors (Lipinski definition) is 16. The molecule has 9 N–H and O–H groups in total. The monoisotopic (exact) mass is 1270 g/mol. The summed E-state index contributed by atoms with van der Waals surface area (Å²) in [5.74, 6) is -0.625. The molecule has 1 aliphatic heterocycles. The van der Waals surface area contributed by atoms with E-state index < -0.39 is 47.6 Å². The van der Waals surface area contributed by atoms with Crippen LogP contribution >= 0.6 is 11.3 Å². The number of anilines is 5. The fraction of sp³-hybridized carbons (Fsp3) is 0.552. The summed E-state index contributed by atoms with van der Waals surface area (Å²) in [5, 5.41) is 43.6. The molecule has 0 spiro atoms. The van der Waals surface area contributed by atoms with E-state index in [0.717, 1.165) is 107 Å². The van der Waals surface area contributed by atoms with Gasteiger partial charge >= 0.3 is 18.1 Å². The number of nitrogens with two attached hydrogens (primary N) is 1. The van der Waals surface area contributed by atoms with Gasteiger partial charge in [-0.3, -0.25) is 14.3 Å². The SMILES string of the molecule is CNCc1cc(NC(=O)[C@H](CCCNC(N)=O)NC(=O)[C@@H](NC(=O)OC(C)(C)C)C(C)C)ccc1C[N+](C)(C)CCOC12CC3(C)CC(C)(CC(Cn4ncc(-c5ccc(N6CCCc7c6nnc(Nc6nc8ccccc8s6)c7C)nc5C(=O)O)c4C)(C3)C1)C2. The van der Waals surface area contributed by atoms with Gasteiger partial charge < -0.3 is 61.6 Å². The first-order valence-corrected chi connectivity index (χ1v) is 32.7. The standard InChI is InChI=1S/C67H91N15O8S/c1-40(2)53(76-62(88)90-63(5,6)7)58(84)73-50(19-15-25-70-60(68)87)57(83)72-45-22-21-43(44(29-45)30-69-10)32-82(11,12)27-28-89-67-36-64(8)33-65(9,37-67)35-66(34-64,38-67)39-81-42(4)48(31-71-81)47-23-24-52(75-54(47)59(85)86)80-26-16-17-46-41(3)55(78-79-56(46)80)77-61-74-49-18-13-14-20-51(49)91-61/h13-14,18,20-24,29,31,40,50,53,69H,15-17,19,25-28,30,32-39H2,1-12H3,(H7-,68,70,72,73,74,76,77,78,83,84,85,86,87,88)/p+1/t50-,53-,64?,65?,66?,67?/m0/s1. The number of ether oxygens (including phenoxy) is 2. The van der Waals surface area contributed by atoms with Gasteiger partial charge in [0.2, 0.25) is 11.8 Å². The van der Waals surface area contributed by atoms with Crippen molar-refractivity contribution in [2.24, 2.45) is 27.9 Å². The number of nitrogens with zero attached hydrogens (tertiary/aromatic N) is 8. The van der Waals surface area contributed by atoms with Gasteiger partial charge in [0, 0.05) is 65.4 Å². The Labute approximate surface area is 537 Å². The Morgan fingerprint density at radius 3 is 2.33 bits per heavy atom. The third kappa shape index (κ3) is 15.2. The number of rotatable bonds is 25. The highest BCUT2D eigenvalue weighted by Crippen LogP contribution is 2.72. The molecule has 4 bridgehead atoms. The molecule has 4 aromatic heterocycles. The smallest absolute Gasteiger partial charge is 0.408 e. The molecule has 0 radical (unpaired) electrons. The number of likely N-dealkylation sites (N-methyl/N-ethyl adjacent to an activating group) is 1. The van der Waals surface area contributed by atoms with E-state index in [2.05, 4.69) is 69.6 Å². The van der Waals surface area contributed by atoms with Crippen LogP contribution in [-0.2, 0) is 45.1 Å². The van der Waals surface area contributed by atoms with Crippen molar-refractivity contribution in [3.05, 3.63) is 94.4 Å². The predicted molar refractivity (Wildman–Crippen MR) is 352 cm³/mol. The van der Waals surface area contributed by atoms with Crippen LogP contribution < -0.4 is 42.5 Å². The van der Waals surface area contributed by atoms with E-state index in [9.17, 15) is 29.1 Å². The van der Waals surface area contributed by atoms with Crippen LogP contribution in [0.3, 0.4) is 0 Å². The number of primary amides is 1. The third-order valence-electron chi connectivity index (χ3n) is 18.6. The molecule has 5 aliphatic rings. The molecule has 4 atom stereocenters. The number of alkyl carbamates (subject to hydrolysis) is 1. The van der Waals surface area contributed by atoms with E-state index in [1.165, 1.54) is 0 Å². The first kappa shape index (κ1) is 66.1. The minimum atomic E-state index is -1.12. The molecule has 5 amide bonds. The Morgan fingerprint density at radius 2 is 1.64 bits per heavy atom. The van der Waals surface area contributed by atoms with Gasteiger partial charge in [-0.15, -0.1) is 10.2 Å². The van der Waals surface area contributed by atoms with Crippen LogP contribution in [-0.4, -0.2) is 140 Å². The van der Waals surface area contributed by atoms with Crippen LogP contribution in [0, 0.1) is 36.0 Å². The number of aromatic nitrogens is 6. The van der Waals surface area contributed by atoms with Gasteiger partial charge in [-0.1, -0.05) is 57.2 Å². The van der Waals surface area contributed by atoms with Gasteiger partial charge in [0.1, 0.15) is 36.6 Å². The molecular weight excluding hydrogens is 1170 g/mol. The Kier molecular flexibility index (Phi) is 18.9. The number of nitrogens with one attached hydrogen (secondary N) is 6. The van der Waals surface area contributed by atoms with E-state index in [-0.39, 0.29) is 46.4 Å². The summed E-state index contributed by atoms with van der Waals surface area (Å²) in [5.41, 5.74) is 12.0. The van der Waals surface area contributed by atoms with Crippen LogP contribution in [0.2, 0.25) is 0 Å². The van der Waals surface area contributed by atoms with Crippen molar-refractivity contribution < 1.29 is 43.0 Å². The van der Waals surface area contributed by atoms with Crippen LogP contribution in [0.1, 0.15) is 145 Å². The van der Waals surface area contributed by atoms with Gasteiger partial charge in [0.25, 0.3) is 0 Å². The molecule has 23 nitrogen and oxygen atoms in total. The molecule has 4 saturated carbocycles. The highest BCUT2D eigenvalue weighted by Gasteiger charge is 2.66. The van der Waals surface area contributed by atoms with Crippen molar-refractivity contribution >= 4 is 79.7 Å². The molecule has 0 saturated heterocycles. The van der Waals surface area contributed by atoms with E-state index in [4.69, 9.17) is 35.4 Å². The number of para-hydroxylation sites is 1. The summed E-state index contributed by atoms with van der Waals surface area (Å²) < 4.78 is 16.6. The Balaban J connectivity index is 0.797. The highest BCUT2D eigenvalue weighted by atomic mass is 32.1. The van der Waals surface area contributed by atoms with Crippen LogP contribution in [0.25, 0.3) is 21.3 Å². The van der Waals surface area contributed by atoms with Crippen molar-refractivity contribution in [1.82, 2.24) is 51.2 Å². The van der Waals surface area contributed by atoms with E-state index in [0.29, 0.717) is 72.4 Å². The normalized spacial score (nSPS) is 21.7. The molecule has 5 heterocycles. The second kappa shape index (κ2) is 26.1. The average molecular weight is 1270 g/mol. The third-order valence-corrected chi connectivity index (χ3v) is 19.5. The van der Waals surface area contributed by atoms with E-state index in [1.807, 2.05) is 80.4 Å². The largest absolute Gasteiger partial charge is 0.476 e. The zero-order valence-electron chi connectivity index (χ0n) is 54.9. The Morgan fingerprint density at radius 1 is 0.890 bits per heavy atom. The summed E-state index contributed by atoms with van der Waals surface area (Å²) in [7, 11) is 6.32. The molecule has 2 unspecified atom stereocenters. The number of carboxylic acids is 1. The molecule has 11 rings (SSSR count). The van der Waals surface area contributed by atoms with Crippen LogP contribution in [0.5, 0.6) is 0 Å². The highest BCUT2D eigenvalue weighted by molar-refractivity contribution is 7.22. The van der Waals surface area contributed by atoms with Crippen molar-refractivity contribution in [2.75, 3.05) is 62.9 Å². The maximum atomic E-state index is 14.1. The van der Waals surface area contributed by atoms with Gasteiger partial charge in [-0.25, -0.2) is 24.4 Å². The quantitative estimate of drug-likeness (QED) is 0.0195. The molecule has 24 heteroatoms.